The van der Waals surface area contributed by atoms with E-state index in [-0.39, 0.29) is 29.9 Å². The fourth-order valence-corrected chi connectivity index (χ4v) is 7.40. The van der Waals surface area contributed by atoms with E-state index in [0.717, 1.165) is 4.90 Å². The van der Waals surface area contributed by atoms with Crippen LogP contribution in [0.25, 0.3) is 0 Å². The summed E-state index contributed by atoms with van der Waals surface area (Å²) in [6.45, 7) is 2.71. The summed E-state index contributed by atoms with van der Waals surface area (Å²) in [5, 5.41) is 17.1. The van der Waals surface area contributed by atoms with E-state index < -0.39 is 78.6 Å². The second kappa shape index (κ2) is 11.8. The van der Waals surface area contributed by atoms with E-state index in [4.69, 9.17) is 5.73 Å². The predicted molar refractivity (Wildman–Crippen MR) is 136 cm³/mol. The molecule has 41 heavy (non-hydrogen) atoms. The molecule has 0 radical (unpaired) electrons. The van der Waals surface area contributed by atoms with E-state index in [2.05, 4.69) is 16.0 Å². The number of alkyl halides is 4. The Hall–Kier alpha value is -2.92. The first kappa shape index (κ1) is 31.0. The molecule has 0 saturated carbocycles. The molecule has 0 aromatic heterocycles. The number of nitrogens with zero attached hydrogens (tertiary/aromatic N) is 2. The number of aliphatic carboxylic acids is 1. The highest BCUT2D eigenvalue weighted by Crippen LogP contribution is 2.51. The summed E-state index contributed by atoms with van der Waals surface area (Å²) >= 11 is 1.23. The van der Waals surface area contributed by atoms with Gasteiger partial charge in [-0.25, -0.2) is 4.79 Å². The summed E-state index contributed by atoms with van der Waals surface area (Å²) in [6.07, 6.45) is -2.62. The number of fused-ring (bicyclic) bond motifs is 1. The third-order valence-electron chi connectivity index (χ3n) is 8.00. The lowest BCUT2D eigenvalue weighted by molar-refractivity contribution is -0.159. The zero-order valence-corrected chi connectivity index (χ0v) is 23.1. The number of nitrogens with two attached hydrogens (primary N) is 1. The number of carbonyl (C=O) groups excluding carboxylic acids is 4. The largest absolute Gasteiger partial charge is 0.477 e. The van der Waals surface area contributed by atoms with E-state index in [1.807, 2.05) is 0 Å². The van der Waals surface area contributed by atoms with Crippen LogP contribution in [0.15, 0.2) is 10.6 Å². The number of halogens is 4. The molecule has 0 aliphatic carbocycles. The summed E-state index contributed by atoms with van der Waals surface area (Å²) in [4.78, 5) is 64.3. The first-order valence-corrected chi connectivity index (χ1v) is 14.0. The molecule has 17 heteroatoms. The van der Waals surface area contributed by atoms with Crippen molar-refractivity contribution in [3.63, 3.8) is 0 Å². The van der Waals surface area contributed by atoms with Crippen molar-refractivity contribution in [3.05, 3.63) is 10.6 Å². The number of hydrogen-bond acceptors (Lipinski definition) is 8. The fourth-order valence-electron chi connectivity index (χ4n) is 5.92. The van der Waals surface area contributed by atoms with Gasteiger partial charge in [0.05, 0.1) is 24.5 Å². The van der Waals surface area contributed by atoms with Crippen molar-refractivity contribution >= 4 is 41.4 Å². The molecule has 4 rings (SSSR count). The van der Waals surface area contributed by atoms with Crippen LogP contribution >= 0.6 is 11.8 Å². The van der Waals surface area contributed by atoms with Crippen LogP contribution in [0.2, 0.25) is 0 Å². The molecule has 0 aromatic rings. The van der Waals surface area contributed by atoms with Crippen molar-refractivity contribution in [3.8, 4) is 0 Å². The zero-order chi connectivity index (χ0) is 30.4. The van der Waals surface area contributed by atoms with Gasteiger partial charge in [-0.15, -0.1) is 11.8 Å². The number of amides is 4. The molecule has 4 aliphatic rings. The molecule has 6 N–H and O–H groups in total. The lowest BCUT2D eigenvalue weighted by Gasteiger charge is -2.47. The highest BCUT2D eigenvalue weighted by molar-refractivity contribution is 8.03. The third kappa shape index (κ3) is 5.88. The van der Waals surface area contributed by atoms with Gasteiger partial charge >= 0.3 is 18.3 Å². The molecule has 7 atom stereocenters. The molecular weight excluding hydrogens is 576 g/mol. The first-order chi connectivity index (χ1) is 19.2. The molecule has 4 heterocycles. The van der Waals surface area contributed by atoms with Gasteiger partial charge in [-0.3, -0.25) is 19.2 Å². The molecule has 0 bridgehead atoms. The number of nitrogens with one attached hydrogen (secondary N) is 3. The molecule has 0 aromatic carbocycles. The maximum Gasteiger partial charge on any atom is 0.353 e. The van der Waals surface area contributed by atoms with E-state index in [0.29, 0.717) is 24.3 Å². The number of rotatable bonds is 10. The molecular formula is C24H32F4N6O6S. The van der Waals surface area contributed by atoms with Crippen LogP contribution in [0.5, 0.6) is 0 Å². The van der Waals surface area contributed by atoms with Crippen molar-refractivity contribution in [2.24, 2.45) is 17.6 Å². The summed E-state index contributed by atoms with van der Waals surface area (Å²) in [5.41, 5.74) is 4.75. The molecule has 12 nitrogen and oxygen atoms in total. The number of likely N-dealkylation sites (tertiary alicyclic amines) is 1. The van der Waals surface area contributed by atoms with Gasteiger partial charge in [0.1, 0.15) is 5.70 Å². The van der Waals surface area contributed by atoms with Crippen molar-refractivity contribution in [2.45, 2.75) is 68.5 Å². The Labute approximate surface area is 236 Å². The summed E-state index contributed by atoms with van der Waals surface area (Å²) in [5.74, 6) is -10.2. The normalized spacial score (nSPS) is 30.4. The lowest BCUT2D eigenvalue weighted by atomic mass is 9.78. The molecule has 4 aliphatic heterocycles. The van der Waals surface area contributed by atoms with E-state index >= 15 is 0 Å². The second-order valence-corrected chi connectivity index (χ2v) is 12.1. The fraction of sp³-hybridized carbons (Fsp3) is 0.708. The van der Waals surface area contributed by atoms with Crippen LogP contribution in [0.3, 0.4) is 0 Å². The van der Waals surface area contributed by atoms with E-state index in [9.17, 15) is 46.6 Å². The number of carboxylic acid groups (broad SMARTS) is 1. The topological polar surface area (TPSA) is 174 Å². The Kier molecular flexibility index (Phi) is 8.90. The third-order valence-corrected chi connectivity index (χ3v) is 9.52. The van der Waals surface area contributed by atoms with Gasteiger partial charge in [-0.1, -0.05) is 6.92 Å². The average Bonchev–Trinajstić information content (AvgIpc) is 3.62. The Balaban J connectivity index is 1.36. The van der Waals surface area contributed by atoms with Crippen molar-refractivity contribution in [2.75, 3.05) is 26.2 Å². The van der Waals surface area contributed by atoms with Crippen LogP contribution in [-0.4, -0.2) is 112 Å². The zero-order valence-electron chi connectivity index (χ0n) is 22.2. The van der Waals surface area contributed by atoms with Gasteiger partial charge in [0.15, 0.2) is 0 Å². The van der Waals surface area contributed by atoms with Gasteiger partial charge in [-0.05, 0) is 19.8 Å². The maximum absolute atomic E-state index is 13.5. The SMILES string of the molecule is C[C@@H](NC(=O)C(F)F)[C@H]1C(=O)N2C(C(=O)O)=C(S[C@@H]3CN[C@H](C(=O)N4CC[C@H](NC(=O)C(F)(F)CN)C4)C3)[C@H](C)[C@H]12. The molecule has 3 saturated heterocycles. The van der Waals surface area contributed by atoms with E-state index in [1.165, 1.54) is 23.6 Å². The van der Waals surface area contributed by atoms with Crippen molar-refractivity contribution in [1.29, 1.82) is 0 Å². The van der Waals surface area contributed by atoms with Crippen LogP contribution in [-0.2, 0) is 24.0 Å². The Morgan fingerprint density at radius 1 is 1.27 bits per heavy atom. The molecule has 0 unspecified atom stereocenters. The molecule has 4 amide bonds. The number of carbonyl (C=O) groups is 5. The van der Waals surface area contributed by atoms with Crippen molar-refractivity contribution < 1.29 is 46.6 Å². The average molecular weight is 609 g/mol. The standard InChI is InChI=1S/C24H32F4N6O6S/c1-9-15-14(10(2)31-19(35)18(25)26)21(37)34(15)16(22(38)39)17(9)41-12-5-13(30-6-12)20(36)33-4-3-11(7-33)32-23(40)24(27,28)8-29/h9-15,18,30H,3-8,29H2,1-2H3,(H,31,35)(H,32,40)(H,38,39)/t9-,10-,11+,12+,13+,14-,15-/m1/s1. The van der Waals surface area contributed by atoms with Gasteiger partial charge in [0.2, 0.25) is 11.8 Å². The van der Waals surface area contributed by atoms with Crippen molar-refractivity contribution in [1.82, 2.24) is 25.8 Å². The van der Waals surface area contributed by atoms with Gasteiger partial charge in [0.25, 0.3) is 11.8 Å². The highest BCUT2D eigenvalue weighted by Gasteiger charge is 2.60. The van der Waals surface area contributed by atoms with Crippen LogP contribution in [0.4, 0.5) is 17.6 Å². The van der Waals surface area contributed by atoms with Gasteiger partial charge in [-0.2, -0.15) is 17.6 Å². The molecule has 3 fully saturated rings. The summed E-state index contributed by atoms with van der Waals surface area (Å²) in [7, 11) is 0. The minimum absolute atomic E-state index is 0.0625. The molecule has 0 spiro atoms. The Morgan fingerprint density at radius 2 is 1.95 bits per heavy atom. The molecule has 228 valence electrons. The second-order valence-electron chi connectivity index (χ2n) is 10.7. The summed E-state index contributed by atoms with van der Waals surface area (Å²) in [6, 6.07) is -2.81. The quantitative estimate of drug-likeness (QED) is 0.159. The Morgan fingerprint density at radius 3 is 2.56 bits per heavy atom. The number of carboxylic acids is 1. The van der Waals surface area contributed by atoms with Crippen LogP contribution < -0.4 is 21.7 Å². The lowest BCUT2D eigenvalue weighted by Crippen LogP contribution is -2.66. The van der Waals surface area contributed by atoms with E-state index in [1.54, 1.807) is 6.92 Å². The summed E-state index contributed by atoms with van der Waals surface area (Å²) < 4.78 is 52.4. The Bertz CT molecular complexity index is 1160. The van der Waals surface area contributed by atoms with Crippen LogP contribution in [0, 0.1) is 11.8 Å². The van der Waals surface area contributed by atoms with Crippen LogP contribution in [0.1, 0.15) is 26.7 Å². The highest BCUT2D eigenvalue weighted by atomic mass is 32.2. The number of thioether (sulfide) groups is 1. The minimum atomic E-state index is -3.70. The first-order valence-electron chi connectivity index (χ1n) is 13.1. The minimum Gasteiger partial charge on any atom is -0.477 e. The monoisotopic (exact) mass is 608 g/mol. The number of hydrogen-bond donors (Lipinski definition) is 5. The van der Waals surface area contributed by atoms with Gasteiger partial charge < -0.3 is 36.6 Å². The van der Waals surface area contributed by atoms with Gasteiger partial charge in [0, 0.05) is 47.8 Å². The maximum atomic E-state index is 13.5. The number of β-lactam (4-membered cyclic amide) rings is 1. The smallest absolute Gasteiger partial charge is 0.353 e. The predicted octanol–water partition coefficient (Wildman–Crippen LogP) is -0.696.